The van der Waals surface area contributed by atoms with Crippen molar-refractivity contribution in [1.82, 2.24) is 9.97 Å². The van der Waals surface area contributed by atoms with E-state index < -0.39 is 12.1 Å². The minimum atomic E-state index is -1.23. The van der Waals surface area contributed by atoms with E-state index in [0.717, 1.165) is 4.90 Å². The van der Waals surface area contributed by atoms with Gasteiger partial charge in [-0.25, -0.2) is 19.6 Å². The summed E-state index contributed by atoms with van der Waals surface area (Å²) in [5.74, 6) is -0.841. The Labute approximate surface area is 116 Å². The summed E-state index contributed by atoms with van der Waals surface area (Å²) in [4.78, 5) is 32.0. The molecule has 0 spiro atoms. The zero-order valence-corrected chi connectivity index (χ0v) is 11.7. The average Bonchev–Trinajstić information content (AvgIpc) is 2.42. The van der Waals surface area contributed by atoms with Crippen molar-refractivity contribution in [3.63, 3.8) is 0 Å². The third kappa shape index (κ3) is 3.53. The summed E-state index contributed by atoms with van der Waals surface area (Å²) in [5, 5.41) is 9.19. The van der Waals surface area contributed by atoms with Gasteiger partial charge in [0.2, 0.25) is 0 Å². The highest BCUT2D eigenvalue weighted by Gasteiger charge is 2.22. The van der Waals surface area contributed by atoms with E-state index in [2.05, 4.69) is 16.5 Å². The van der Waals surface area contributed by atoms with Crippen LogP contribution in [0.1, 0.15) is 36.1 Å². The Morgan fingerprint density at radius 2 is 2.20 bits per heavy atom. The van der Waals surface area contributed by atoms with E-state index in [-0.39, 0.29) is 23.9 Å². The number of carbonyl (C=O) groups excluding carboxylic acids is 1. The van der Waals surface area contributed by atoms with Crippen LogP contribution in [0.25, 0.3) is 0 Å². The van der Waals surface area contributed by atoms with Gasteiger partial charge < -0.3 is 9.84 Å². The van der Waals surface area contributed by atoms with E-state index in [4.69, 9.17) is 4.74 Å². The summed E-state index contributed by atoms with van der Waals surface area (Å²) < 4.78 is 4.84. The van der Waals surface area contributed by atoms with Crippen LogP contribution in [0.15, 0.2) is 18.9 Å². The lowest BCUT2D eigenvalue weighted by Crippen LogP contribution is -2.29. The standard InChI is InChI=1S/C13H17N3O4/c1-5-6-20-13(19)16(4)9-7-14-11(8(2)3)15-10(9)12(17)18/h5,7-8H,1,6H2,2-4H3,(H,17,18). The number of hydrogen-bond donors (Lipinski definition) is 1. The van der Waals surface area contributed by atoms with Crippen LogP contribution in [0.4, 0.5) is 10.5 Å². The molecule has 0 atom stereocenters. The van der Waals surface area contributed by atoms with Gasteiger partial charge in [0, 0.05) is 13.0 Å². The van der Waals surface area contributed by atoms with Gasteiger partial charge in [-0.3, -0.25) is 4.90 Å². The van der Waals surface area contributed by atoms with E-state index in [1.54, 1.807) is 0 Å². The fourth-order valence-corrected chi connectivity index (χ4v) is 1.40. The van der Waals surface area contributed by atoms with Crippen LogP contribution >= 0.6 is 0 Å². The van der Waals surface area contributed by atoms with Crippen LogP contribution in [0.2, 0.25) is 0 Å². The van der Waals surface area contributed by atoms with Crippen molar-refractivity contribution in [1.29, 1.82) is 0 Å². The fraction of sp³-hybridized carbons (Fsp3) is 0.385. The van der Waals surface area contributed by atoms with Crippen molar-refractivity contribution in [3.05, 3.63) is 30.4 Å². The van der Waals surface area contributed by atoms with Crippen LogP contribution in [0.5, 0.6) is 0 Å². The summed E-state index contributed by atoms with van der Waals surface area (Å²) in [5.41, 5.74) is -0.155. The van der Waals surface area contributed by atoms with Gasteiger partial charge in [0.1, 0.15) is 12.4 Å². The summed E-state index contributed by atoms with van der Waals surface area (Å²) >= 11 is 0. The molecule has 0 bridgehead atoms. The molecule has 7 nitrogen and oxygen atoms in total. The van der Waals surface area contributed by atoms with Crippen molar-refractivity contribution in [2.24, 2.45) is 0 Å². The zero-order chi connectivity index (χ0) is 15.3. The number of nitrogens with zero attached hydrogens (tertiary/aromatic N) is 3. The Hall–Kier alpha value is -2.44. The SMILES string of the molecule is C=CCOC(=O)N(C)c1cnc(C(C)C)nc1C(=O)O. The maximum absolute atomic E-state index is 11.7. The van der Waals surface area contributed by atoms with Gasteiger partial charge in [-0.1, -0.05) is 26.5 Å². The van der Waals surface area contributed by atoms with E-state index in [1.165, 1.54) is 19.3 Å². The predicted octanol–water partition coefficient (Wildman–Crippen LogP) is 2.06. The molecule has 0 aromatic carbocycles. The second-order valence-corrected chi connectivity index (χ2v) is 4.35. The molecule has 0 fully saturated rings. The number of carboxylic acid groups (broad SMARTS) is 1. The van der Waals surface area contributed by atoms with Crippen LogP contribution in [-0.2, 0) is 4.74 Å². The molecule has 108 valence electrons. The first-order chi connectivity index (χ1) is 9.38. The molecule has 7 heteroatoms. The van der Waals surface area contributed by atoms with Crippen LogP contribution in [0, 0.1) is 0 Å². The molecule has 0 unspecified atom stereocenters. The highest BCUT2D eigenvalue weighted by Crippen LogP contribution is 2.20. The van der Waals surface area contributed by atoms with Gasteiger partial charge >= 0.3 is 12.1 Å². The molecule has 0 aliphatic heterocycles. The zero-order valence-electron chi connectivity index (χ0n) is 11.7. The summed E-state index contributed by atoms with van der Waals surface area (Å²) in [6, 6.07) is 0. The Kier molecular flexibility index (Phi) is 5.19. The molecule has 1 rings (SSSR count). The third-order valence-corrected chi connectivity index (χ3v) is 2.47. The van der Waals surface area contributed by atoms with Gasteiger partial charge in [-0.2, -0.15) is 0 Å². The number of carboxylic acids is 1. The molecule has 0 radical (unpaired) electrons. The van der Waals surface area contributed by atoms with Crippen molar-refractivity contribution in [2.75, 3.05) is 18.6 Å². The van der Waals surface area contributed by atoms with Crippen molar-refractivity contribution >= 4 is 17.7 Å². The molecule has 0 aliphatic carbocycles. The number of rotatable bonds is 5. The normalized spacial score (nSPS) is 10.2. The molecule has 0 aliphatic rings. The minimum absolute atomic E-state index is 0.0137. The van der Waals surface area contributed by atoms with Gasteiger partial charge in [-0.05, 0) is 0 Å². The molecule has 20 heavy (non-hydrogen) atoms. The van der Waals surface area contributed by atoms with Crippen LogP contribution < -0.4 is 4.90 Å². The number of ether oxygens (including phenoxy) is 1. The molecular weight excluding hydrogens is 262 g/mol. The first kappa shape index (κ1) is 15.6. The largest absolute Gasteiger partial charge is 0.476 e. The minimum Gasteiger partial charge on any atom is -0.476 e. The topological polar surface area (TPSA) is 92.6 Å². The number of carbonyl (C=O) groups is 2. The molecule has 1 N–H and O–H groups in total. The summed E-state index contributed by atoms with van der Waals surface area (Å²) in [7, 11) is 1.39. The fourth-order valence-electron chi connectivity index (χ4n) is 1.40. The monoisotopic (exact) mass is 279 g/mol. The highest BCUT2D eigenvalue weighted by molar-refractivity contribution is 5.97. The Balaban J connectivity index is 3.13. The van der Waals surface area contributed by atoms with Crippen LogP contribution in [-0.4, -0.2) is 40.8 Å². The van der Waals surface area contributed by atoms with Gasteiger partial charge in [0.15, 0.2) is 5.69 Å². The number of amides is 1. The predicted molar refractivity (Wildman–Crippen MR) is 73.0 cm³/mol. The number of aromatic carboxylic acids is 1. The molecule has 1 amide bonds. The van der Waals surface area contributed by atoms with Crippen molar-refractivity contribution in [3.8, 4) is 0 Å². The van der Waals surface area contributed by atoms with E-state index in [9.17, 15) is 14.7 Å². The molecule has 0 saturated heterocycles. The quantitative estimate of drug-likeness (QED) is 0.829. The Morgan fingerprint density at radius 3 is 2.70 bits per heavy atom. The second kappa shape index (κ2) is 6.65. The first-order valence-corrected chi connectivity index (χ1v) is 6.00. The highest BCUT2D eigenvalue weighted by atomic mass is 16.6. The molecular formula is C13H17N3O4. The summed E-state index contributed by atoms with van der Waals surface area (Å²) in [6.45, 7) is 7.16. The maximum Gasteiger partial charge on any atom is 0.414 e. The lowest BCUT2D eigenvalue weighted by molar-refractivity contribution is 0.0690. The van der Waals surface area contributed by atoms with Crippen molar-refractivity contribution in [2.45, 2.75) is 19.8 Å². The number of hydrogen-bond acceptors (Lipinski definition) is 5. The van der Waals surface area contributed by atoms with E-state index in [0.29, 0.717) is 5.82 Å². The Bertz CT molecular complexity index is 528. The van der Waals surface area contributed by atoms with Gasteiger partial charge in [0.05, 0.1) is 11.9 Å². The smallest absolute Gasteiger partial charge is 0.414 e. The molecule has 1 heterocycles. The Morgan fingerprint density at radius 1 is 1.55 bits per heavy atom. The molecule has 0 saturated carbocycles. The van der Waals surface area contributed by atoms with E-state index in [1.807, 2.05) is 13.8 Å². The molecule has 1 aromatic heterocycles. The number of anilines is 1. The second-order valence-electron chi connectivity index (χ2n) is 4.35. The summed E-state index contributed by atoms with van der Waals surface area (Å²) in [6.07, 6.45) is 2.02. The van der Waals surface area contributed by atoms with Gasteiger partial charge in [-0.15, -0.1) is 0 Å². The van der Waals surface area contributed by atoms with Crippen LogP contribution in [0.3, 0.4) is 0 Å². The molecule has 1 aromatic rings. The lowest BCUT2D eigenvalue weighted by atomic mass is 10.2. The maximum atomic E-state index is 11.7. The van der Waals surface area contributed by atoms with E-state index >= 15 is 0 Å². The average molecular weight is 279 g/mol. The van der Waals surface area contributed by atoms with Crippen molar-refractivity contribution < 1.29 is 19.4 Å². The lowest BCUT2D eigenvalue weighted by Gasteiger charge is -2.18. The third-order valence-electron chi connectivity index (χ3n) is 2.47. The van der Waals surface area contributed by atoms with Gasteiger partial charge in [0.25, 0.3) is 0 Å². The first-order valence-electron chi connectivity index (χ1n) is 6.00. The number of aromatic nitrogens is 2.